The Labute approximate surface area is 119 Å². The van der Waals surface area contributed by atoms with Gasteiger partial charge >= 0.3 is 0 Å². The number of halogens is 1. The Morgan fingerprint density at radius 1 is 1.40 bits per heavy atom. The van der Waals surface area contributed by atoms with Crippen LogP contribution in [0.4, 0.5) is 4.39 Å². The fourth-order valence-corrected chi connectivity index (χ4v) is 1.84. The minimum atomic E-state index is -0.344. The van der Waals surface area contributed by atoms with E-state index in [-0.39, 0.29) is 17.1 Å². The van der Waals surface area contributed by atoms with Crippen molar-refractivity contribution in [2.75, 3.05) is 6.61 Å². The molecule has 20 heavy (non-hydrogen) atoms. The van der Waals surface area contributed by atoms with Crippen molar-refractivity contribution in [2.45, 2.75) is 40.0 Å². The van der Waals surface area contributed by atoms with Gasteiger partial charge in [0.25, 0.3) is 0 Å². The predicted molar refractivity (Wildman–Crippen MR) is 77.7 cm³/mol. The highest BCUT2D eigenvalue weighted by molar-refractivity contribution is 5.85. The molecule has 0 radical (unpaired) electrons. The predicted octanol–water partition coefficient (Wildman–Crippen LogP) is 3.46. The van der Waals surface area contributed by atoms with Crippen LogP contribution in [0.1, 0.15) is 38.7 Å². The second kappa shape index (κ2) is 7.12. The summed E-state index contributed by atoms with van der Waals surface area (Å²) in [5.74, 6) is 0.177. The maximum absolute atomic E-state index is 13.4. The Morgan fingerprint density at radius 3 is 2.75 bits per heavy atom. The van der Waals surface area contributed by atoms with Crippen molar-refractivity contribution >= 4 is 5.84 Å². The monoisotopic (exact) mass is 282 g/mol. The number of hydrogen-bond acceptors (Lipinski definition) is 3. The Bertz CT molecular complexity index is 473. The maximum Gasteiger partial charge on any atom is 0.165 e. The van der Waals surface area contributed by atoms with Crippen molar-refractivity contribution < 1.29 is 14.3 Å². The molecule has 0 unspecified atom stereocenters. The molecule has 0 aromatic heterocycles. The molecule has 0 saturated carbocycles. The Morgan fingerprint density at radius 2 is 2.10 bits per heavy atom. The zero-order valence-electron chi connectivity index (χ0n) is 12.3. The van der Waals surface area contributed by atoms with E-state index in [4.69, 9.17) is 15.7 Å². The number of nitrogens with zero attached hydrogens (tertiary/aromatic N) is 1. The van der Waals surface area contributed by atoms with Gasteiger partial charge in [-0.15, -0.1) is 0 Å². The molecule has 0 aliphatic carbocycles. The van der Waals surface area contributed by atoms with Crippen LogP contribution < -0.4 is 10.5 Å². The van der Waals surface area contributed by atoms with E-state index < -0.39 is 0 Å². The number of amidine groups is 1. The molecule has 1 aromatic carbocycles. The summed E-state index contributed by atoms with van der Waals surface area (Å²) in [6, 6.07) is 4.81. The molecule has 0 spiro atoms. The van der Waals surface area contributed by atoms with Gasteiger partial charge in [0.05, 0.1) is 6.61 Å². The minimum absolute atomic E-state index is 0.225. The Kier molecular flexibility index (Phi) is 5.80. The van der Waals surface area contributed by atoms with Gasteiger partial charge in [-0.2, -0.15) is 0 Å². The normalized spacial score (nSPS) is 12.5. The van der Waals surface area contributed by atoms with Gasteiger partial charge in [0.15, 0.2) is 11.6 Å². The zero-order chi connectivity index (χ0) is 15.2. The summed E-state index contributed by atoms with van der Waals surface area (Å²) < 4.78 is 18.9. The molecule has 0 aliphatic heterocycles. The standard InChI is InChI=1S/C15H23FN2O2/c1-11-6-7-12(16)13(10-11)20-9-5-4-8-15(2,3)14(17)18-19/h6-7,10,19H,4-5,8-9H2,1-3H3,(H2,17,18). The summed E-state index contributed by atoms with van der Waals surface area (Å²) in [6.07, 6.45) is 2.43. The van der Waals surface area contributed by atoms with E-state index in [2.05, 4.69) is 5.16 Å². The van der Waals surface area contributed by atoms with E-state index >= 15 is 0 Å². The molecular formula is C15H23FN2O2. The van der Waals surface area contributed by atoms with Crippen molar-refractivity contribution in [1.29, 1.82) is 0 Å². The van der Waals surface area contributed by atoms with Gasteiger partial charge < -0.3 is 15.7 Å². The smallest absolute Gasteiger partial charge is 0.165 e. The SMILES string of the molecule is Cc1ccc(F)c(OCCCCC(C)(C)/C(N)=N/O)c1. The van der Waals surface area contributed by atoms with Gasteiger partial charge in [0, 0.05) is 5.41 Å². The average Bonchev–Trinajstić information content (AvgIpc) is 2.41. The van der Waals surface area contributed by atoms with Crippen molar-refractivity contribution in [1.82, 2.24) is 0 Å². The van der Waals surface area contributed by atoms with Crippen LogP contribution in [0, 0.1) is 18.2 Å². The first kappa shape index (κ1) is 16.3. The van der Waals surface area contributed by atoms with E-state index in [1.807, 2.05) is 20.8 Å². The highest BCUT2D eigenvalue weighted by atomic mass is 19.1. The number of benzene rings is 1. The summed E-state index contributed by atoms with van der Waals surface area (Å²) in [5.41, 5.74) is 6.24. The Balaban J connectivity index is 2.34. The van der Waals surface area contributed by atoms with E-state index in [1.54, 1.807) is 12.1 Å². The summed E-state index contributed by atoms with van der Waals surface area (Å²) in [7, 11) is 0. The third-order valence-electron chi connectivity index (χ3n) is 3.34. The van der Waals surface area contributed by atoms with E-state index in [9.17, 15) is 4.39 Å². The molecule has 0 amide bonds. The second-order valence-electron chi connectivity index (χ2n) is 5.61. The number of oxime groups is 1. The molecule has 4 nitrogen and oxygen atoms in total. The van der Waals surface area contributed by atoms with Gasteiger partial charge in [0.2, 0.25) is 0 Å². The molecule has 0 atom stereocenters. The van der Waals surface area contributed by atoms with Crippen LogP contribution in [0.5, 0.6) is 5.75 Å². The van der Waals surface area contributed by atoms with Gasteiger partial charge in [-0.3, -0.25) is 0 Å². The third-order valence-corrected chi connectivity index (χ3v) is 3.34. The lowest BCUT2D eigenvalue weighted by atomic mass is 9.86. The van der Waals surface area contributed by atoms with Crippen molar-refractivity contribution in [3.8, 4) is 5.75 Å². The average molecular weight is 282 g/mol. The van der Waals surface area contributed by atoms with Crippen molar-refractivity contribution in [3.05, 3.63) is 29.6 Å². The highest BCUT2D eigenvalue weighted by Crippen LogP contribution is 2.24. The fraction of sp³-hybridized carbons (Fsp3) is 0.533. The second-order valence-corrected chi connectivity index (χ2v) is 5.61. The molecule has 1 rings (SSSR count). The number of rotatable bonds is 7. The number of ether oxygens (including phenoxy) is 1. The molecule has 0 fully saturated rings. The van der Waals surface area contributed by atoms with Crippen LogP contribution in [-0.2, 0) is 0 Å². The van der Waals surface area contributed by atoms with Crippen LogP contribution in [0.2, 0.25) is 0 Å². The molecule has 3 N–H and O–H groups in total. The Hall–Kier alpha value is -1.78. The third kappa shape index (κ3) is 4.72. The molecule has 0 aliphatic rings. The number of aryl methyl sites for hydroxylation is 1. The van der Waals surface area contributed by atoms with Crippen molar-refractivity contribution in [2.24, 2.45) is 16.3 Å². The van der Waals surface area contributed by atoms with Crippen LogP contribution in [0.25, 0.3) is 0 Å². The molecule has 0 bridgehead atoms. The van der Waals surface area contributed by atoms with E-state index in [0.29, 0.717) is 12.4 Å². The van der Waals surface area contributed by atoms with Crippen molar-refractivity contribution in [3.63, 3.8) is 0 Å². The quantitative estimate of drug-likeness (QED) is 0.264. The van der Waals surface area contributed by atoms with Crippen LogP contribution in [0.3, 0.4) is 0 Å². The molecule has 0 heterocycles. The van der Waals surface area contributed by atoms with Gasteiger partial charge in [-0.25, -0.2) is 4.39 Å². The lowest BCUT2D eigenvalue weighted by Gasteiger charge is -2.22. The van der Waals surface area contributed by atoms with Gasteiger partial charge in [-0.1, -0.05) is 25.1 Å². The number of nitrogens with two attached hydrogens (primary N) is 1. The number of hydrogen-bond donors (Lipinski definition) is 2. The summed E-state index contributed by atoms with van der Waals surface area (Å²) in [5, 5.41) is 11.7. The fourth-order valence-electron chi connectivity index (χ4n) is 1.84. The van der Waals surface area contributed by atoms with Gasteiger partial charge in [0.1, 0.15) is 5.84 Å². The van der Waals surface area contributed by atoms with Gasteiger partial charge in [-0.05, 0) is 43.9 Å². The van der Waals surface area contributed by atoms with Crippen LogP contribution in [-0.4, -0.2) is 17.6 Å². The van der Waals surface area contributed by atoms with Crippen LogP contribution >= 0.6 is 0 Å². The lowest BCUT2D eigenvalue weighted by molar-refractivity contribution is 0.279. The van der Waals surface area contributed by atoms with Crippen LogP contribution in [0.15, 0.2) is 23.4 Å². The lowest BCUT2D eigenvalue weighted by Crippen LogP contribution is -2.31. The molecular weight excluding hydrogens is 259 g/mol. The first-order valence-corrected chi connectivity index (χ1v) is 6.74. The summed E-state index contributed by atoms with van der Waals surface area (Å²) in [6.45, 7) is 6.19. The van der Waals surface area contributed by atoms with E-state index in [1.165, 1.54) is 6.07 Å². The highest BCUT2D eigenvalue weighted by Gasteiger charge is 2.22. The zero-order valence-corrected chi connectivity index (χ0v) is 12.3. The first-order chi connectivity index (χ1) is 9.36. The number of unbranched alkanes of at least 4 members (excludes halogenated alkanes) is 1. The molecule has 5 heteroatoms. The largest absolute Gasteiger partial charge is 0.491 e. The minimum Gasteiger partial charge on any atom is -0.491 e. The maximum atomic E-state index is 13.4. The van der Waals surface area contributed by atoms with E-state index in [0.717, 1.165) is 24.8 Å². The topological polar surface area (TPSA) is 67.8 Å². The molecule has 112 valence electrons. The first-order valence-electron chi connectivity index (χ1n) is 6.74. The summed E-state index contributed by atoms with van der Waals surface area (Å²) >= 11 is 0. The summed E-state index contributed by atoms with van der Waals surface area (Å²) in [4.78, 5) is 0. The molecule has 0 saturated heterocycles. The molecule has 1 aromatic rings.